The Morgan fingerprint density at radius 1 is 1.35 bits per heavy atom. The molecule has 112 valence electrons. The SMILES string of the molecule is CC1(C)c2cc(OS(=O)(=O)C(F)(F)F)ccc2OC1N. The number of nitrogens with two attached hydrogens (primary N) is 1. The Labute approximate surface area is 113 Å². The van der Waals surface area contributed by atoms with Gasteiger partial charge in [0.15, 0.2) is 6.23 Å². The lowest BCUT2D eigenvalue weighted by atomic mass is 9.84. The Morgan fingerprint density at radius 3 is 2.50 bits per heavy atom. The largest absolute Gasteiger partial charge is 0.534 e. The quantitative estimate of drug-likeness (QED) is 0.666. The molecule has 9 heteroatoms. The second kappa shape index (κ2) is 4.26. The van der Waals surface area contributed by atoms with E-state index in [1.165, 1.54) is 12.1 Å². The van der Waals surface area contributed by atoms with Gasteiger partial charge in [-0.1, -0.05) is 13.8 Å². The van der Waals surface area contributed by atoms with Crippen LogP contribution in [0.2, 0.25) is 0 Å². The van der Waals surface area contributed by atoms with Crippen LogP contribution in [0.1, 0.15) is 19.4 Å². The van der Waals surface area contributed by atoms with E-state index in [1.54, 1.807) is 13.8 Å². The Morgan fingerprint density at radius 2 is 1.95 bits per heavy atom. The lowest BCUT2D eigenvalue weighted by molar-refractivity contribution is -0.0500. The fraction of sp³-hybridized carbons (Fsp3) is 0.455. The smallest absolute Gasteiger partial charge is 0.474 e. The normalized spacial score (nSPS) is 21.2. The van der Waals surface area contributed by atoms with Crippen molar-refractivity contribution in [2.75, 3.05) is 0 Å². The number of hydrogen-bond acceptors (Lipinski definition) is 5. The van der Waals surface area contributed by atoms with Crippen molar-refractivity contribution in [3.63, 3.8) is 0 Å². The van der Waals surface area contributed by atoms with Crippen molar-refractivity contribution in [3.05, 3.63) is 23.8 Å². The number of halogens is 3. The molecule has 1 aliphatic rings. The Hall–Kier alpha value is -1.48. The summed E-state index contributed by atoms with van der Waals surface area (Å²) in [4.78, 5) is 0. The van der Waals surface area contributed by atoms with Gasteiger partial charge < -0.3 is 8.92 Å². The lowest BCUT2D eigenvalue weighted by Gasteiger charge is -2.21. The molecule has 1 aromatic rings. The van der Waals surface area contributed by atoms with Crippen LogP contribution >= 0.6 is 0 Å². The molecule has 0 radical (unpaired) electrons. The summed E-state index contributed by atoms with van der Waals surface area (Å²) < 4.78 is 68.0. The van der Waals surface area contributed by atoms with Gasteiger partial charge in [-0.25, -0.2) is 0 Å². The first-order valence-corrected chi connectivity index (χ1v) is 6.93. The van der Waals surface area contributed by atoms with Gasteiger partial charge in [-0.15, -0.1) is 0 Å². The van der Waals surface area contributed by atoms with Crippen LogP contribution in [0.15, 0.2) is 18.2 Å². The molecule has 0 saturated carbocycles. The zero-order chi connectivity index (χ0) is 15.3. The van der Waals surface area contributed by atoms with Crippen molar-refractivity contribution in [2.45, 2.75) is 31.0 Å². The summed E-state index contributed by atoms with van der Waals surface area (Å²) in [6, 6.07) is 3.59. The second-order valence-electron chi connectivity index (χ2n) is 4.90. The van der Waals surface area contributed by atoms with E-state index in [0.717, 1.165) is 6.07 Å². The summed E-state index contributed by atoms with van der Waals surface area (Å²) in [6.45, 7) is 3.46. The van der Waals surface area contributed by atoms with Crippen LogP contribution in [0.5, 0.6) is 11.5 Å². The first-order chi connectivity index (χ1) is 8.95. The summed E-state index contributed by atoms with van der Waals surface area (Å²) in [5.41, 5.74) is 0.0864. The average Bonchev–Trinajstić information content (AvgIpc) is 2.49. The van der Waals surface area contributed by atoms with E-state index in [1.807, 2.05) is 0 Å². The van der Waals surface area contributed by atoms with E-state index in [0.29, 0.717) is 11.3 Å². The van der Waals surface area contributed by atoms with E-state index in [-0.39, 0.29) is 0 Å². The standard InChI is InChI=1S/C11H12F3NO4S/c1-10(2)7-5-6(3-4-8(7)18-9(10)15)19-20(16,17)11(12,13)14/h3-5,9H,15H2,1-2H3. The van der Waals surface area contributed by atoms with Crippen molar-refractivity contribution in [2.24, 2.45) is 5.73 Å². The van der Waals surface area contributed by atoms with Gasteiger partial charge in [0.2, 0.25) is 0 Å². The van der Waals surface area contributed by atoms with Crippen LogP contribution in [0, 0.1) is 0 Å². The van der Waals surface area contributed by atoms with Gasteiger partial charge in [0.05, 0.1) is 0 Å². The van der Waals surface area contributed by atoms with Crippen LogP contribution in [0.4, 0.5) is 13.2 Å². The van der Waals surface area contributed by atoms with Gasteiger partial charge in [0, 0.05) is 11.0 Å². The van der Waals surface area contributed by atoms with Gasteiger partial charge in [0.25, 0.3) is 0 Å². The van der Waals surface area contributed by atoms with Crippen molar-refractivity contribution in [1.29, 1.82) is 0 Å². The fourth-order valence-electron chi connectivity index (χ4n) is 1.78. The van der Waals surface area contributed by atoms with Crippen LogP contribution in [0.25, 0.3) is 0 Å². The molecule has 1 aliphatic heterocycles. The van der Waals surface area contributed by atoms with Crippen LogP contribution in [-0.2, 0) is 15.5 Å². The monoisotopic (exact) mass is 311 g/mol. The van der Waals surface area contributed by atoms with Gasteiger partial charge in [0.1, 0.15) is 11.5 Å². The maximum absolute atomic E-state index is 12.2. The zero-order valence-corrected chi connectivity index (χ0v) is 11.4. The van der Waals surface area contributed by atoms with Crippen molar-refractivity contribution in [3.8, 4) is 11.5 Å². The van der Waals surface area contributed by atoms with Gasteiger partial charge in [-0.05, 0) is 18.2 Å². The molecule has 0 aliphatic carbocycles. The molecule has 1 aromatic carbocycles. The minimum Gasteiger partial charge on any atom is -0.474 e. The van der Waals surface area contributed by atoms with Crippen LogP contribution in [0.3, 0.4) is 0 Å². The number of benzene rings is 1. The summed E-state index contributed by atoms with van der Waals surface area (Å²) in [7, 11) is -5.69. The predicted molar refractivity (Wildman–Crippen MR) is 63.7 cm³/mol. The highest BCUT2D eigenvalue weighted by Gasteiger charge is 2.49. The molecule has 0 saturated heterocycles. The van der Waals surface area contributed by atoms with Crippen molar-refractivity contribution >= 4 is 10.1 Å². The summed E-state index contributed by atoms with van der Waals surface area (Å²) >= 11 is 0. The molecule has 0 bridgehead atoms. The molecule has 20 heavy (non-hydrogen) atoms. The summed E-state index contributed by atoms with van der Waals surface area (Å²) in [5, 5.41) is 0. The highest BCUT2D eigenvalue weighted by atomic mass is 32.2. The van der Waals surface area contributed by atoms with Gasteiger partial charge in [-0.3, -0.25) is 5.73 Å². The molecule has 1 unspecified atom stereocenters. The van der Waals surface area contributed by atoms with E-state index in [4.69, 9.17) is 10.5 Å². The number of fused-ring (bicyclic) bond motifs is 1. The molecule has 0 fully saturated rings. The second-order valence-corrected chi connectivity index (χ2v) is 6.44. The minimum atomic E-state index is -5.69. The van der Waals surface area contributed by atoms with E-state index in [9.17, 15) is 21.6 Å². The topological polar surface area (TPSA) is 78.6 Å². The zero-order valence-electron chi connectivity index (χ0n) is 10.6. The van der Waals surface area contributed by atoms with Gasteiger partial charge >= 0.3 is 15.6 Å². The van der Waals surface area contributed by atoms with Crippen molar-refractivity contribution in [1.82, 2.24) is 0 Å². The van der Waals surface area contributed by atoms with Crippen LogP contribution in [-0.4, -0.2) is 20.2 Å². The maximum Gasteiger partial charge on any atom is 0.534 e. The first kappa shape index (κ1) is 14.9. The molecule has 1 heterocycles. The molecule has 0 aromatic heterocycles. The maximum atomic E-state index is 12.2. The van der Waals surface area contributed by atoms with E-state index in [2.05, 4.69) is 4.18 Å². The third-order valence-corrected chi connectivity index (χ3v) is 4.08. The molecule has 0 amide bonds. The van der Waals surface area contributed by atoms with Crippen molar-refractivity contribution < 1.29 is 30.5 Å². The lowest BCUT2D eigenvalue weighted by Crippen LogP contribution is -2.39. The Kier molecular flexibility index (Phi) is 3.17. The average molecular weight is 311 g/mol. The highest BCUT2D eigenvalue weighted by Crippen LogP contribution is 2.43. The van der Waals surface area contributed by atoms with E-state index < -0.39 is 33.0 Å². The molecule has 2 rings (SSSR count). The first-order valence-electron chi connectivity index (χ1n) is 5.53. The number of ether oxygens (including phenoxy) is 1. The Bertz CT molecular complexity index is 640. The third-order valence-electron chi connectivity index (χ3n) is 3.10. The highest BCUT2D eigenvalue weighted by molar-refractivity contribution is 7.88. The Balaban J connectivity index is 2.38. The van der Waals surface area contributed by atoms with Crippen LogP contribution < -0.4 is 14.7 Å². The molecule has 0 spiro atoms. The van der Waals surface area contributed by atoms with Gasteiger partial charge in [-0.2, -0.15) is 21.6 Å². The minimum absolute atomic E-state index is 0.388. The molecular weight excluding hydrogens is 299 g/mol. The third kappa shape index (κ3) is 2.31. The fourth-order valence-corrected chi connectivity index (χ4v) is 2.23. The van der Waals surface area contributed by atoms with E-state index >= 15 is 0 Å². The molecule has 2 N–H and O–H groups in total. The predicted octanol–water partition coefficient (Wildman–Crippen LogP) is 1.87. The summed E-state index contributed by atoms with van der Waals surface area (Å²) in [6.07, 6.45) is -0.674. The summed E-state index contributed by atoms with van der Waals surface area (Å²) in [5.74, 6) is -0.0499. The number of rotatable bonds is 2. The molecule has 1 atom stereocenters. The molecular formula is C11H12F3NO4S. The number of hydrogen-bond donors (Lipinski definition) is 1. The molecule has 5 nitrogen and oxygen atoms in total. The number of alkyl halides is 3.